The molecule has 1 saturated carbocycles. The molecule has 1 amide bonds. The van der Waals surface area contributed by atoms with Gasteiger partial charge in [0.2, 0.25) is 5.88 Å². The second-order valence-corrected chi connectivity index (χ2v) is 9.26. The summed E-state index contributed by atoms with van der Waals surface area (Å²) in [5.74, 6) is -0.790. The van der Waals surface area contributed by atoms with Crippen molar-refractivity contribution < 1.29 is 31.8 Å². The third-order valence-corrected chi connectivity index (χ3v) is 6.20. The number of aryl methyl sites for hydroxylation is 1. The molecule has 1 aliphatic rings. The van der Waals surface area contributed by atoms with Crippen LogP contribution >= 0.6 is 0 Å². The number of amides is 1. The predicted molar refractivity (Wildman–Crippen MR) is 136 cm³/mol. The summed E-state index contributed by atoms with van der Waals surface area (Å²) in [7, 11) is 1.28. The summed E-state index contributed by atoms with van der Waals surface area (Å²) in [6.45, 7) is 1.45. The van der Waals surface area contributed by atoms with Crippen LogP contribution in [0.5, 0.6) is 17.4 Å². The van der Waals surface area contributed by atoms with Crippen molar-refractivity contribution in [2.24, 2.45) is 0 Å². The molecular formula is C27H25F4N5O3. The average molecular weight is 544 g/mol. The van der Waals surface area contributed by atoms with E-state index in [1.54, 1.807) is 28.9 Å². The van der Waals surface area contributed by atoms with E-state index in [1.165, 1.54) is 19.4 Å². The number of pyridine rings is 2. The molecule has 4 aromatic rings. The monoisotopic (exact) mass is 543 g/mol. The van der Waals surface area contributed by atoms with E-state index in [2.05, 4.69) is 20.6 Å². The highest BCUT2D eigenvalue weighted by Crippen LogP contribution is 2.33. The number of rotatable bonds is 9. The maximum absolute atomic E-state index is 14.2. The lowest BCUT2D eigenvalue weighted by atomic mass is 10.0. The minimum Gasteiger partial charge on any atom is -0.479 e. The van der Waals surface area contributed by atoms with Crippen LogP contribution in [0.1, 0.15) is 35.2 Å². The zero-order valence-corrected chi connectivity index (χ0v) is 21.1. The highest BCUT2D eigenvalue weighted by atomic mass is 19.4. The molecule has 0 aliphatic heterocycles. The van der Waals surface area contributed by atoms with Crippen molar-refractivity contribution in [2.75, 3.05) is 19.0 Å². The third kappa shape index (κ3) is 6.05. The van der Waals surface area contributed by atoms with E-state index in [1.807, 2.05) is 13.0 Å². The van der Waals surface area contributed by atoms with Crippen LogP contribution in [0.3, 0.4) is 0 Å². The molecule has 0 atom stereocenters. The minimum atomic E-state index is -4.34. The number of hydrogen-bond acceptors (Lipinski definition) is 6. The summed E-state index contributed by atoms with van der Waals surface area (Å²) >= 11 is 0. The maximum Gasteiger partial charge on any atom is 0.390 e. The van der Waals surface area contributed by atoms with Gasteiger partial charge in [-0.3, -0.25) is 9.20 Å². The Morgan fingerprint density at radius 3 is 2.59 bits per heavy atom. The van der Waals surface area contributed by atoms with Crippen LogP contribution < -0.4 is 20.1 Å². The van der Waals surface area contributed by atoms with Gasteiger partial charge >= 0.3 is 6.18 Å². The van der Waals surface area contributed by atoms with E-state index < -0.39 is 18.4 Å². The van der Waals surface area contributed by atoms with Crippen LogP contribution in [0.25, 0.3) is 16.9 Å². The Kier molecular flexibility index (Phi) is 7.02. The largest absolute Gasteiger partial charge is 0.479 e. The first-order chi connectivity index (χ1) is 18.6. The van der Waals surface area contributed by atoms with Gasteiger partial charge < -0.3 is 20.1 Å². The Morgan fingerprint density at radius 2 is 1.92 bits per heavy atom. The Balaban J connectivity index is 1.51. The number of ether oxygens (including phenoxy) is 2. The van der Waals surface area contributed by atoms with Crippen LogP contribution in [-0.2, 0) is 0 Å². The van der Waals surface area contributed by atoms with Crippen molar-refractivity contribution in [3.05, 3.63) is 65.9 Å². The van der Waals surface area contributed by atoms with Crippen LogP contribution in [0, 0.1) is 12.7 Å². The van der Waals surface area contributed by atoms with Crippen LogP contribution in [0.4, 0.5) is 23.2 Å². The van der Waals surface area contributed by atoms with Crippen molar-refractivity contribution in [3.63, 3.8) is 0 Å². The highest BCUT2D eigenvalue weighted by molar-refractivity contribution is 5.96. The molecule has 8 nitrogen and oxygen atoms in total. The molecule has 0 unspecified atom stereocenters. The lowest BCUT2D eigenvalue weighted by molar-refractivity contribution is -0.131. The first-order valence-corrected chi connectivity index (χ1v) is 12.2. The Hall–Kier alpha value is -4.35. The molecular weight excluding hydrogens is 518 g/mol. The van der Waals surface area contributed by atoms with Crippen LogP contribution in [-0.4, -0.2) is 46.1 Å². The number of carbonyl (C=O) groups is 1. The van der Waals surface area contributed by atoms with E-state index in [-0.39, 0.29) is 35.9 Å². The number of benzene rings is 1. The third-order valence-electron chi connectivity index (χ3n) is 6.20. The number of hydrogen-bond donors (Lipinski definition) is 2. The zero-order valence-electron chi connectivity index (χ0n) is 21.1. The number of anilines is 1. The van der Waals surface area contributed by atoms with Gasteiger partial charge in [-0.25, -0.2) is 14.4 Å². The number of aromatic nitrogens is 3. The number of alkyl halides is 3. The summed E-state index contributed by atoms with van der Waals surface area (Å²) in [4.78, 5) is 20.8. The molecule has 39 heavy (non-hydrogen) atoms. The molecule has 1 aromatic carbocycles. The number of carbonyl (C=O) groups excluding carboxylic acids is 1. The van der Waals surface area contributed by atoms with Crippen LogP contribution in [0.15, 0.2) is 48.9 Å². The van der Waals surface area contributed by atoms with Crippen molar-refractivity contribution in [1.82, 2.24) is 19.7 Å². The van der Waals surface area contributed by atoms with E-state index >= 15 is 0 Å². The normalized spacial score (nSPS) is 13.4. The fourth-order valence-electron chi connectivity index (χ4n) is 4.12. The quantitative estimate of drug-likeness (QED) is 0.256. The smallest absolute Gasteiger partial charge is 0.390 e. The van der Waals surface area contributed by atoms with E-state index in [9.17, 15) is 22.4 Å². The summed E-state index contributed by atoms with van der Waals surface area (Å²) in [6, 6.07) is 8.17. The predicted octanol–water partition coefficient (Wildman–Crippen LogP) is 5.90. The lowest BCUT2D eigenvalue weighted by Crippen LogP contribution is -2.26. The fourth-order valence-corrected chi connectivity index (χ4v) is 4.12. The van der Waals surface area contributed by atoms with Gasteiger partial charge in [0.25, 0.3) is 5.91 Å². The highest BCUT2D eigenvalue weighted by Gasteiger charge is 2.27. The molecule has 3 aromatic heterocycles. The molecule has 204 valence electrons. The van der Waals surface area contributed by atoms with Gasteiger partial charge in [0.05, 0.1) is 43.5 Å². The van der Waals surface area contributed by atoms with E-state index in [0.717, 1.165) is 30.0 Å². The van der Waals surface area contributed by atoms with E-state index in [4.69, 9.17) is 9.47 Å². The second-order valence-electron chi connectivity index (χ2n) is 9.26. The number of halogens is 4. The van der Waals surface area contributed by atoms with Crippen molar-refractivity contribution in [3.8, 4) is 28.6 Å². The minimum absolute atomic E-state index is 0.0671. The Labute approximate surface area is 221 Å². The SMILES string of the molecule is COc1ncc(Oc2cc(NCCC(F)(F)F)c3ncc(-c4ccc(C(=O)NC5CC5)c(C)c4)n3c2)cc1F. The van der Waals surface area contributed by atoms with Gasteiger partial charge in [-0.1, -0.05) is 6.07 Å². The number of imidazole rings is 1. The van der Waals surface area contributed by atoms with Crippen LogP contribution in [0.2, 0.25) is 0 Å². The fraction of sp³-hybridized carbons (Fsp3) is 0.296. The molecule has 0 radical (unpaired) electrons. The van der Waals surface area contributed by atoms with Crippen molar-refractivity contribution in [1.29, 1.82) is 0 Å². The Bertz CT molecular complexity index is 1530. The summed E-state index contributed by atoms with van der Waals surface area (Å²) in [6.07, 6.45) is 1.03. The van der Waals surface area contributed by atoms with Gasteiger partial charge in [-0.15, -0.1) is 0 Å². The molecule has 1 fully saturated rings. The maximum atomic E-state index is 14.2. The summed E-state index contributed by atoms with van der Waals surface area (Å²) in [5, 5.41) is 5.75. The molecule has 5 rings (SSSR count). The molecule has 0 saturated heterocycles. The standard InChI is InChI=1S/C27H25F4N5O3/c1-15-9-16(3-6-20(15)25(37)35-17-4-5-17)23-13-33-24-22(32-8-7-27(29,30)31)11-19(14-36(23)24)39-18-10-21(28)26(38-2)34-12-18/h3,6,9-14,17,32H,4-5,7-8H2,1-2H3,(H,35,37). The molecule has 1 aliphatic carbocycles. The topological polar surface area (TPSA) is 89.8 Å². The van der Waals surface area contributed by atoms with Crippen molar-refractivity contribution in [2.45, 2.75) is 38.4 Å². The molecule has 2 N–H and O–H groups in total. The summed E-state index contributed by atoms with van der Waals surface area (Å²) < 4.78 is 64.9. The zero-order chi connectivity index (χ0) is 27.7. The van der Waals surface area contributed by atoms with Crippen molar-refractivity contribution >= 4 is 17.2 Å². The lowest BCUT2D eigenvalue weighted by Gasteiger charge is -2.14. The first-order valence-electron chi connectivity index (χ1n) is 12.2. The van der Waals surface area contributed by atoms with Gasteiger partial charge in [0.1, 0.15) is 11.5 Å². The van der Waals surface area contributed by atoms with Gasteiger partial charge in [0, 0.05) is 35.8 Å². The molecule has 0 bridgehead atoms. The van der Waals surface area contributed by atoms with Gasteiger partial charge in [-0.05, 0) is 37.5 Å². The summed E-state index contributed by atoms with van der Waals surface area (Å²) in [5.41, 5.74) is 3.33. The number of methoxy groups -OCH3 is 1. The number of nitrogens with one attached hydrogen (secondary N) is 2. The Morgan fingerprint density at radius 1 is 1.13 bits per heavy atom. The average Bonchev–Trinajstić information content (AvgIpc) is 3.58. The first kappa shape index (κ1) is 26.3. The number of nitrogens with zero attached hydrogens (tertiary/aromatic N) is 3. The van der Waals surface area contributed by atoms with E-state index in [0.29, 0.717) is 22.6 Å². The van der Waals surface area contributed by atoms with Gasteiger partial charge in [0.15, 0.2) is 11.5 Å². The number of fused-ring (bicyclic) bond motifs is 1. The molecule has 12 heteroatoms. The molecule has 3 heterocycles. The molecule has 0 spiro atoms. The second kappa shape index (κ2) is 10.4. The van der Waals surface area contributed by atoms with Gasteiger partial charge in [-0.2, -0.15) is 13.2 Å².